The van der Waals surface area contributed by atoms with Crippen molar-refractivity contribution >= 4 is 0 Å². The maximum Gasteiger partial charge on any atom is 0.0164 e. The average Bonchev–Trinajstić information content (AvgIpc) is 2.79. The molecule has 0 atom stereocenters. The van der Waals surface area contributed by atoms with Crippen molar-refractivity contribution in [3.63, 3.8) is 0 Å². The molecule has 0 aliphatic heterocycles. The molecule has 0 saturated heterocycles. The van der Waals surface area contributed by atoms with Crippen LogP contribution in [0.2, 0.25) is 0 Å². The Morgan fingerprint density at radius 2 is 1.78 bits per heavy atom. The smallest absolute Gasteiger partial charge is 0.0164 e. The van der Waals surface area contributed by atoms with Crippen molar-refractivity contribution in [3.05, 3.63) is 25.3 Å². The maximum atomic E-state index is 3.86. The second-order valence-electron chi connectivity index (χ2n) is 5.66. The third-order valence-electron chi connectivity index (χ3n) is 3.92. The Morgan fingerprint density at radius 1 is 1.17 bits per heavy atom. The van der Waals surface area contributed by atoms with Gasteiger partial charge in [0.15, 0.2) is 0 Å². The van der Waals surface area contributed by atoms with Crippen molar-refractivity contribution in [2.24, 2.45) is 5.41 Å². The Kier molecular flexibility index (Phi) is 7.29. The van der Waals surface area contributed by atoms with E-state index in [0.717, 1.165) is 19.6 Å². The first kappa shape index (κ1) is 15.5. The van der Waals surface area contributed by atoms with Gasteiger partial charge in [0, 0.05) is 26.2 Å². The predicted octanol–water partition coefficient (Wildman–Crippen LogP) is 3.22. The normalized spacial score (nSPS) is 18.1. The Balaban J connectivity index is 2.53. The van der Waals surface area contributed by atoms with Gasteiger partial charge in [0.1, 0.15) is 0 Å². The number of rotatable bonds is 10. The van der Waals surface area contributed by atoms with Gasteiger partial charge in [-0.15, -0.1) is 13.2 Å². The van der Waals surface area contributed by atoms with Crippen LogP contribution in [0.3, 0.4) is 0 Å². The highest BCUT2D eigenvalue weighted by molar-refractivity contribution is 4.92. The van der Waals surface area contributed by atoms with E-state index in [4.69, 9.17) is 0 Å². The Morgan fingerprint density at radius 3 is 2.28 bits per heavy atom. The fraction of sp³-hybridized carbons (Fsp3) is 0.750. The molecule has 0 bridgehead atoms. The van der Waals surface area contributed by atoms with Gasteiger partial charge in [-0.1, -0.05) is 31.9 Å². The van der Waals surface area contributed by atoms with Crippen LogP contribution in [0.25, 0.3) is 0 Å². The molecular weight excluding hydrogens is 220 g/mol. The van der Waals surface area contributed by atoms with E-state index in [9.17, 15) is 0 Å². The lowest BCUT2D eigenvalue weighted by Gasteiger charge is -2.35. The predicted molar refractivity (Wildman–Crippen MR) is 80.9 cm³/mol. The van der Waals surface area contributed by atoms with Crippen molar-refractivity contribution in [2.75, 3.05) is 32.7 Å². The zero-order chi connectivity index (χ0) is 13.3. The summed E-state index contributed by atoms with van der Waals surface area (Å²) in [7, 11) is 0. The maximum absolute atomic E-state index is 3.86. The molecule has 1 fully saturated rings. The van der Waals surface area contributed by atoms with Crippen LogP contribution in [-0.4, -0.2) is 37.6 Å². The minimum absolute atomic E-state index is 0.487. The summed E-state index contributed by atoms with van der Waals surface area (Å²) in [6.45, 7) is 15.4. The summed E-state index contributed by atoms with van der Waals surface area (Å²) in [6.07, 6.45) is 10.8. The largest absolute Gasteiger partial charge is 0.316 e. The summed E-state index contributed by atoms with van der Waals surface area (Å²) >= 11 is 0. The summed E-state index contributed by atoms with van der Waals surface area (Å²) in [5, 5.41) is 3.63. The van der Waals surface area contributed by atoms with Gasteiger partial charge in [0.2, 0.25) is 0 Å². The van der Waals surface area contributed by atoms with Crippen LogP contribution >= 0.6 is 0 Å². The molecule has 2 nitrogen and oxygen atoms in total. The molecule has 2 heteroatoms. The molecule has 1 N–H and O–H groups in total. The van der Waals surface area contributed by atoms with Gasteiger partial charge in [-0.05, 0) is 31.2 Å². The number of hydrogen-bond acceptors (Lipinski definition) is 2. The topological polar surface area (TPSA) is 15.3 Å². The first-order chi connectivity index (χ1) is 8.76. The highest BCUT2D eigenvalue weighted by atomic mass is 15.1. The fourth-order valence-corrected chi connectivity index (χ4v) is 3.09. The van der Waals surface area contributed by atoms with Gasteiger partial charge in [-0.2, -0.15) is 0 Å². The molecule has 0 aromatic heterocycles. The van der Waals surface area contributed by atoms with Crippen molar-refractivity contribution in [2.45, 2.75) is 39.0 Å². The highest BCUT2D eigenvalue weighted by Gasteiger charge is 2.34. The molecule has 0 unspecified atom stereocenters. The third kappa shape index (κ3) is 4.95. The van der Waals surface area contributed by atoms with Gasteiger partial charge in [-0.3, -0.25) is 4.90 Å². The van der Waals surface area contributed by atoms with Crippen LogP contribution in [0.4, 0.5) is 0 Å². The molecule has 1 aliphatic rings. The molecule has 0 aromatic carbocycles. The second-order valence-corrected chi connectivity index (χ2v) is 5.66. The van der Waals surface area contributed by atoms with Crippen molar-refractivity contribution in [1.29, 1.82) is 0 Å². The van der Waals surface area contributed by atoms with Crippen LogP contribution in [0, 0.1) is 5.41 Å². The van der Waals surface area contributed by atoms with Crippen LogP contribution in [0.5, 0.6) is 0 Å². The van der Waals surface area contributed by atoms with E-state index >= 15 is 0 Å². The van der Waals surface area contributed by atoms with Crippen LogP contribution in [0.15, 0.2) is 25.3 Å². The lowest BCUT2D eigenvalue weighted by Crippen LogP contribution is -2.43. The van der Waals surface area contributed by atoms with E-state index in [1.165, 1.54) is 45.2 Å². The highest BCUT2D eigenvalue weighted by Crippen LogP contribution is 2.38. The Hall–Kier alpha value is -0.600. The van der Waals surface area contributed by atoms with E-state index in [2.05, 4.69) is 30.3 Å². The minimum atomic E-state index is 0.487. The van der Waals surface area contributed by atoms with E-state index in [0.29, 0.717) is 5.41 Å². The molecule has 0 radical (unpaired) electrons. The molecule has 1 saturated carbocycles. The van der Waals surface area contributed by atoms with Crippen molar-refractivity contribution in [3.8, 4) is 0 Å². The number of nitrogens with zero attached hydrogens (tertiary/aromatic N) is 1. The van der Waals surface area contributed by atoms with Crippen molar-refractivity contribution in [1.82, 2.24) is 10.2 Å². The summed E-state index contributed by atoms with van der Waals surface area (Å²) < 4.78 is 0. The van der Waals surface area contributed by atoms with Gasteiger partial charge >= 0.3 is 0 Å². The molecule has 18 heavy (non-hydrogen) atoms. The SMILES string of the molecule is C=CCN(CC=C)CC1(CNCCC)CCCC1. The van der Waals surface area contributed by atoms with E-state index < -0.39 is 0 Å². The van der Waals surface area contributed by atoms with E-state index in [-0.39, 0.29) is 0 Å². The first-order valence-corrected chi connectivity index (χ1v) is 7.41. The van der Waals surface area contributed by atoms with E-state index in [1.54, 1.807) is 0 Å². The number of nitrogens with one attached hydrogen (secondary N) is 1. The molecule has 0 amide bonds. The van der Waals surface area contributed by atoms with Crippen LogP contribution in [-0.2, 0) is 0 Å². The Bertz CT molecular complexity index is 231. The molecule has 0 aromatic rings. The minimum Gasteiger partial charge on any atom is -0.316 e. The summed E-state index contributed by atoms with van der Waals surface area (Å²) in [5.74, 6) is 0. The van der Waals surface area contributed by atoms with E-state index in [1.807, 2.05) is 12.2 Å². The lowest BCUT2D eigenvalue weighted by atomic mass is 9.85. The lowest BCUT2D eigenvalue weighted by molar-refractivity contribution is 0.171. The molecule has 1 aliphatic carbocycles. The average molecular weight is 250 g/mol. The monoisotopic (exact) mass is 250 g/mol. The fourth-order valence-electron chi connectivity index (χ4n) is 3.09. The first-order valence-electron chi connectivity index (χ1n) is 7.41. The quantitative estimate of drug-likeness (QED) is 0.473. The zero-order valence-corrected chi connectivity index (χ0v) is 12.1. The van der Waals surface area contributed by atoms with Gasteiger partial charge < -0.3 is 5.32 Å². The van der Waals surface area contributed by atoms with Crippen LogP contribution < -0.4 is 5.32 Å². The zero-order valence-electron chi connectivity index (χ0n) is 12.1. The summed E-state index contributed by atoms with van der Waals surface area (Å²) in [4.78, 5) is 2.47. The van der Waals surface area contributed by atoms with Gasteiger partial charge in [0.05, 0.1) is 0 Å². The van der Waals surface area contributed by atoms with Crippen LogP contribution in [0.1, 0.15) is 39.0 Å². The second kappa shape index (κ2) is 8.49. The number of hydrogen-bond donors (Lipinski definition) is 1. The molecule has 0 spiro atoms. The standard InChI is InChI=1S/C16H30N2/c1-4-11-17-14-16(9-7-8-10-16)15-18(12-5-2)13-6-3/h5-6,17H,2-4,7-15H2,1H3. The van der Waals surface area contributed by atoms with Gasteiger partial charge in [-0.25, -0.2) is 0 Å². The molecule has 104 valence electrons. The van der Waals surface area contributed by atoms with Gasteiger partial charge in [0.25, 0.3) is 0 Å². The van der Waals surface area contributed by atoms with Crippen molar-refractivity contribution < 1.29 is 0 Å². The summed E-state index contributed by atoms with van der Waals surface area (Å²) in [5.41, 5.74) is 0.487. The Labute approximate surface area is 113 Å². The third-order valence-corrected chi connectivity index (χ3v) is 3.92. The molecule has 0 heterocycles. The molecular formula is C16H30N2. The summed E-state index contributed by atoms with van der Waals surface area (Å²) in [6, 6.07) is 0. The molecule has 1 rings (SSSR count).